The second kappa shape index (κ2) is 14.7. The van der Waals surface area contributed by atoms with E-state index in [4.69, 9.17) is 28.4 Å². The van der Waals surface area contributed by atoms with Gasteiger partial charge >= 0.3 is 23.9 Å². The van der Waals surface area contributed by atoms with Gasteiger partial charge in [-0.2, -0.15) is 0 Å². The lowest BCUT2D eigenvalue weighted by atomic mass is 9.57. The van der Waals surface area contributed by atoms with Gasteiger partial charge in [-0.3, -0.25) is 19.2 Å². The molecular formula is C32H40O10. The minimum absolute atomic E-state index is 0.00849. The number of esters is 4. The summed E-state index contributed by atoms with van der Waals surface area (Å²) in [6, 6.07) is 12.7. The van der Waals surface area contributed by atoms with Crippen LogP contribution in [-0.4, -0.2) is 64.5 Å². The first-order valence-corrected chi connectivity index (χ1v) is 14.2. The van der Waals surface area contributed by atoms with Gasteiger partial charge in [0.2, 0.25) is 0 Å². The second-order valence-electron chi connectivity index (χ2n) is 9.78. The molecule has 10 nitrogen and oxygen atoms in total. The normalized spacial score (nSPS) is 17.0. The Kier molecular flexibility index (Phi) is 11.4. The summed E-state index contributed by atoms with van der Waals surface area (Å²) in [5, 5.41) is 0. The van der Waals surface area contributed by atoms with Crippen molar-refractivity contribution in [2.24, 2.45) is 11.3 Å². The number of methoxy groups -OCH3 is 2. The molecule has 42 heavy (non-hydrogen) atoms. The quantitative estimate of drug-likeness (QED) is 0.188. The van der Waals surface area contributed by atoms with Crippen LogP contribution in [0.2, 0.25) is 0 Å². The molecule has 1 aliphatic carbocycles. The van der Waals surface area contributed by atoms with Crippen LogP contribution in [-0.2, 0) is 38.1 Å². The Morgan fingerprint density at radius 2 is 1.21 bits per heavy atom. The Morgan fingerprint density at radius 1 is 0.714 bits per heavy atom. The van der Waals surface area contributed by atoms with E-state index in [0.717, 1.165) is 11.1 Å². The van der Waals surface area contributed by atoms with Crippen molar-refractivity contribution in [2.45, 2.75) is 52.4 Å². The van der Waals surface area contributed by atoms with E-state index >= 15 is 0 Å². The molecule has 0 N–H and O–H groups in total. The van der Waals surface area contributed by atoms with Crippen LogP contribution in [0.15, 0.2) is 42.5 Å². The van der Waals surface area contributed by atoms with Gasteiger partial charge in [0.15, 0.2) is 11.3 Å². The molecule has 0 spiro atoms. The minimum atomic E-state index is -1.89. The Balaban J connectivity index is 2.35. The molecule has 0 fully saturated rings. The highest BCUT2D eigenvalue weighted by molar-refractivity contribution is 6.02. The summed E-state index contributed by atoms with van der Waals surface area (Å²) in [6.45, 7) is 6.64. The highest BCUT2D eigenvalue weighted by Gasteiger charge is 2.60. The largest absolute Gasteiger partial charge is 0.497 e. The van der Waals surface area contributed by atoms with Gasteiger partial charge in [0.1, 0.15) is 11.5 Å². The minimum Gasteiger partial charge on any atom is -0.497 e. The van der Waals surface area contributed by atoms with Gasteiger partial charge in [-0.15, -0.1) is 0 Å². The lowest BCUT2D eigenvalue weighted by molar-refractivity contribution is -0.178. The van der Waals surface area contributed by atoms with E-state index in [1.807, 2.05) is 18.2 Å². The van der Waals surface area contributed by atoms with E-state index in [1.165, 1.54) is 0 Å². The van der Waals surface area contributed by atoms with E-state index in [2.05, 4.69) is 0 Å². The van der Waals surface area contributed by atoms with Crippen LogP contribution < -0.4 is 9.47 Å². The molecule has 0 amide bonds. The molecule has 0 bridgehead atoms. The average molecular weight is 585 g/mol. The maximum atomic E-state index is 14.0. The molecule has 3 rings (SSSR count). The number of hydrogen-bond acceptors (Lipinski definition) is 10. The molecular weight excluding hydrogens is 544 g/mol. The summed E-state index contributed by atoms with van der Waals surface area (Å²) in [7, 11) is 3.11. The van der Waals surface area contributed by atoms with E-state index in [0.29, 0.717) is 17.1 Å². The summed E-state index contributed by atoms with van der Waals surface area (Å²) >= 11 is 0. The number of carbonyl (C=O) groups excluding carboxylic acids is 4. The molecule has 0 aliphatic heterocycles. The van der Waals surface area contributed by atoms with Crippen LogP contribution in [0.1, 0.15) is 69.1 Å². The van der Waals surface area contributed by atoms with Crippen molar-refractivity contribution >= 4 is 23.9 Å². The van der Waals surface area contributed by atoms with Crippen molar-refractivity contribution in [1.29, 1.82) is 0 Å². The summed E-state index contributed by atoms with van der Waals surface area (Å²) in [5.41, 5.74) is 0.284. The van der Waals surface area contributed by atoms with Crippen LogP contribution >= 0.6 is 0 Å². The Morgan fingerprint density at radius 3 is 1.69 bits per heavy atom. The summed E-state index contributed by atoms with van der Waals surface area (Å²) in [4.78, 5) is 54.3. The standard InChI is InChI=1S/C32H40O10/c1-7-39-28(33)25(29(34)40-8-2)18-27-23-16-15-22(38-6)17-24(23)26(20-11-13-21(37-5)14-12-20)19-32(27,30(35)41-9-3)31(36)42-10-4/h11-17,25-27H,7-10,18-19H2,1-6H3/t26-,27-/m1/s1. The third-order valence-corrected chi connectivity index (χ3v) is 7.58. The van der Waals surface area contributed by atoms with Gasteiger partial charge < -0.3 is 28.4 Å². The van der Waals surface area contributed by atoms with E-state index in [-0.39, 0.29) is 39.3 Å². The molecule has 228 valence electrons. The number of hydrogen-bond donors (Lipinski definition) is 0. The Labute approximate surface area is 246 Å². The topological polar surface area (TPSA) is 124 Å². The van der Waals surface area contributed by atoms with Crippen LogP contribution in [0.5, 0.6) is 11.5 Å². The fourth-order valence-electron chi connectivity index (χ4n) is 5.66. The molecule has 10 heteroatoms. The number of benzene rings is 2. The van der Waals surface area contributed by atoms with Gasteiger partial charge in [0.25, 0.3) is 0 Å². The second-order valence-corrected chi connectivity index (χ2v) is 9.78. The van der Waals surface area contributed by atoms with E-state index < -0.39 is 47.0 Å². The lowest BCUT2D eigenvalue weighted by Crippen LogP contribution is -2.51. The summed E-state index contributed by atoms with van der Waals surface area (Å²) in [6.07, 6.45) is -0.288. The lowest BCUT2D eigenvalue weighted by Gasteiger charge is -2.45. The summed E-state index contributed by atoms with van der Waals surface area (Å²) in [5.74, 6) is -4.84. The number of rotatable bonds is 13. The monoisotopic (exact) mass is 584 g/mol. The highest BCUT2D eigenvalue weighted by Crippen LogP contribution is 2.56. The third-order valence-electron chi connectivity index (χ3n) is 7.58. The molecule has 0 aromatic heterocycles. The predicted octanol–water partition coefficient (Wildman–Crippen LogP) is 4.57. The first-order valence-electron chi connectivity index (χ1n) is 14.2. The van der Waals surface area contributed by atoms with Crippen LogP contribution in [0, 0.1) is 11.3 Å². The molecule has 0 saturated heterocycles. The number of fused-ring (bicyclic) bond motifs is 1. The zero-order chi connectivity index (χ0) is 30.9. The summed E-state index contributed by atoms with van der Waals surface area (Å²) < 4.78 is 32.4. The first-order chi connectivity index (χ1) is 20.2. The van der Waals surface area contributed by atoms with Gasteiger partial charge in [0.05, 0.1) is 40.6 Å². The molecule has 2 atom stereocenters. The zero-order valence-corrected chi connectivity index (χ0v) is 25.1. The SMILES string of the molecule is CCOC(=O)C(C[C@@H]1c2ccc(OC)cc2[C@@H](c2ccc(OC)cc2)CC1(C(=O)OCC)C(=O)OCC)C(=O)OCC. The van der Waals surface area contributed by atoms with E-state index in [9.17, 15) is 19.2 Å². The number of ether oxygens (including phenoxy) is 6. The van der Waals surface area contributed by atoms with Gasteiger partial charge in [-0.25, -0.2) is 0 Å². The van der Waals surface area contributed by atoms with Crippen LogP contribution in [0.3, 0.4) is 0 Å². The molecule has 2 aromatic carbocycles. The van der Waals surface area contributed by atoms with Crippen molar-refractivity contribution in [3.8, 4) is 11.5 Å². The predicted molar refractivity (Wildman–Crippen MR) is 152 cm³/mol. The van der Waals surface area contributed by atoms with Crippen molar-refractivity contribution in [3.05, 3.63) is 59.2 Å². The molecule has 0 saturated carbocycles. The average Bonchev–Trinajstić information content (AvgIpc) is 2.99. The highest BCUT2D eigenvalue weighted by atomic mass is 16.6. The van der Waals surface area contributed by atoms with Crippen LogP contribution in [0.25, 0.3) is 0 Å². The smallest absolute Gasteiger partial charge is 0.324 e. The van der Waals surface area contributed by atoms with Crippen LogP contribution in [0.4, 0.5) is 0 Å². The fraction of sp³-hybridized carbons (Fsp3) is 0.500. The Bertz CT molecular complexity index is 1220. The first kappa shape index (κ1) is 32.4. The van der Waals surface area contributed by atoms with E-state index in [1.54, 1.807) is 66.2 Å². The third kappa shape index (κ3) is 6.53. The van der Waals surface area contributed by atoms with Gasteiger partial charge in [0, 0.05) is 11.8 Å². The van der Waals surface area contributed by atoms with Crippen molar-refractivity contribution in [1.82, 2.24) is 0 Å². The maximum Gasteiger partial charge on any atom is 0.324 e. The van der Waals surface area contributed by atoms with Crippen molar-refractivity contribution in [2.75, 3.05) is 40.6 Å². The molecule has 1 aliphatic rings. The zero-order valence-electron chi connectivity index (χ0n) is 25.1. The van der Waals surface area contributed by atoms with Gasteiger partial charge in [-0.05, 0) is 81.5 Å². The molecule has 0 radical (unpaired) electrons. The number of carbonyl (C=O) groups is 4. The fourth-order valence-corrected chi connectivity index (χ4v) is 5.66. The molecule has 2 aromatic rings. The molecule has 0 unspecified atom stereocenters. The van der Waals surface area contributed by atoms with Gasteiger partial charge in [-0.1, -0.05) is 18.2 Å². The maximum absolute atomic E-state index is 14.0. The van der Waals surface area contributed by atoms with Crippen molar-refractivity contribution < 1.29 is 47.6 Å². The molecule has 0 heterocycles. The Hall–Kier alpha value is -4.08. The van der Waals surface area contributed by atoms with Crippen molar-refractivity contribution in [3.63, 3.8) is 0 Å².